The highest BCUT2D eigenvalue weighted by Gasteiger charge is 2.45. The van der Waals surface area contributed by atoms with Crippen molar-refractivity contribution < 1.29 is 9.90 Å². The number of nitrogens with one attached hydrogen (secondary N) is 1. The maximum atomic E-state index is 11.4. The number of amides is 1. The summed E-state index contributed by atoms with van der Waals surface area (Å²) in [6, 6.07) is 9.59. The van der Waals surface area contributed by atoms with Gasteiger partial charge in [0.2, 0.25) is 6.41 Å². The van der Waals surface area contributed by atoms with E-state index in [-0.39, 0.29) is 12.0 Å². The molecule has 4 aliphatic heterocycles. The molecule has 0 aliphatic carbocycles. The molecule has 1 aromatic carbocycles. The minimum absolute atomic E-state index is 0.233. The summed E-state index contributed by atoms with van der Waals surface area (Å²) in [7, 11) is 1.80. The van der Waals surface area contributed by atoms with Crippen molar-refractivity contribution in [1.82, 2.24) is 10.2 Å². The standard InChI is InChI=1S/C21H31N3O.C3H9NO/c1-21(2)12-17-13-22(16-25)15-20(21)24(14-17)19-8-6-18(7-9-19)23-10-4-3-5-11-23;1-4-2-3-5/h6-9,16-17,20H,3-5,10-15H2,1-2H3;4-5H,2-3H2,1H3. The van der Waals surface area contributed by atoms with Crippen LogP contribution in [0.2, 0.25) is 0 Å². The van der Waals surface area contributed by atoms with Gasteiger partial charge in [-0.1, -0.05) is 13.8 Å². The molecule has 4 aliphatic rings. The second kappa shape index (κ2) is 10.5. The number of likely N-dealkylation sites (N-methyl/N-ethyl adjacent to an activating group) is 1. The van der Waals surface area contributed by atoms with Gasteiger partial charge >= 0.3 is 0 Å². The Hall–Kier alpha value is -1.79. The molecule has 2 N–H and O–H groups in total. The lowest BCUT2D eigenvalue weighted by Gasteiger charge is -2.48. The fourth-order valence-electron chi connectivity index (χ4n) is 5.36. The molecule has 168 valence electrons. The van der Waals surface area contributed by atoms with Gasteiger partial charge in [-0.3, -0.25) is 4.79 Å². The SMILES string of the molecule is CC1(C)CC2CN(C=O)CC1N(c1ccc(N3CCCCC3)cc1)C2.CNCCO. The lowest BCUT2D eigenvalue weighted by molar-refractivity contribution is -0.118. The zero-order valence-electron chi connectivity index (χ0n) is 19.0. The smallest absolute Gasteiger partial charge is 0.209 e. The number of rotatable bonds is 5. The molecule has 1 aromatic rings. The number of carbonyl (C=O) groups is 1. The molecular weight excluding hydrogens is 376 g/mol. The van der Waals surface area contributed by atoms with E-state index in [4.69, 9.17) is 5.11 Å². The number of fused-ring (bicyclic) bond motifs is 4. The van der Waals surface area contributed by atoms with E-state index in [2.05, 4.69) is 53.2 Å². The van der Waals surface area contributed by atoms with Crippen LogP contribution in [-0.4, -0.2) is 75.4 Å². The van der Waals surface area contributed by atoms with Crippen LogP contribution in [0.4, 0.5) is 11.4 Å². The Balaban J connectivity index is 0.000000461. The number of carbonyl (C=O) groups excluding carboxylic acids is 1. The highest BCUT2D eigenvalue weighted by molar-refractivity contribution is 5.58. The lowest BCUT2D eigenvalue weighted by atomic mass is 9.73. The molecule has 2 atom stereocenters. The first kappa shape index (κ1) is 22.9. The second-order valence-corrected chi connectivity index (χ2v) is 9.68. The van der Waals surface area contributed by atoms with Crippen LogP contribution < -0.4 is 15.1 Å². The fourth-order valence-corrected chi connectivity index (χ4v) is 5.36. The topological polar surface area (TPSA) is 59.1 Å². The van der Waals surface area contributed by atoms with Gasteiger partial charge in [0.15, 0.2) is 0 Å². The molecule has 2 bridgehead atoms. The molecule has 4 fully saturated rings. The van der Waals surface area contributed by atoms with Crippen LogP contribution in [0.1, 0.15) is 39.5 Å². The van der Waals surface area contributed by atoms with Gasteiger partial charge in [0.1, 0.15) is 0 Å². The summed E-state index contributed by atoms with van der Waals surface area (Å²) in [5, 5.41) is 10.8. The number of hydrogen-bond donors (Lipinski definition) is 2. The Morgan fingerprint density at radius 2 is 1.73 bits per heavy atom. The molecule has 6 heteroatoms. The Bertz CT molecular complexity index is 656. The van der Waals surface area contributed by atoms with Crippen LogP contribution in [0.5, 0.6) is 0 Å². The maximum Gasteiger partial charge on any atom is 0.209 e. The molecule has 30 heavy (non-hydrogen) atoms. The fraction of sp³-hybridized carbons (Fsp3) is 0.708. The number of piperidine rings is 2. The third-order valence-electron chi connectivity index (χ3n) is 6.86. The molecule has 0 radical (unpaired) electrons. The van der Waals surface area contributed by atoms with Crippen molar-refractivity contribution in [3.8, 4) is 0 Å². The predicted octanol–water partition coefficient (Wildman–Crippen LogP) is 2.57. The number of aliphatic hydroxyl groups excluding tert-OH is 1. The van der Waals surface area contributed by atoms with E-state index in [1.807, 2.05) is 4.90 Å². The van der Waals surface area contributed by atoms with Crippen molar-refractivity contribution in [1.29, 1.82) is 0 Å². The van der Waals surface area contributed by atoms with Gasteiger partial charge in [-0.2, -0.15) is 0 Å². The largest absolute Gasteiger partial charge is 0.395 e. The number of nitrogens with zero attached hydrogens (tertiary/aromatic N) is 3. The van der Waals surface area contributed by atoms with Crippen LogP contribution in [0, 0.1) is 11.3 Å². The van der Waals surface area contributed by atoms with E-state index in [0.29, 0.717) is 18.5 Å². The predicted molar refractivity (Wildman–Crippen MR) is 124 cm³/mol. The summed E-state index contributed by atoms with van der Waals surface area (Å²) in [5.41, 5.74) is 2.92. The highest BCUT2D eigenvalue weighted by atomic mass is 16.3. The van der Waals surface area contributed by atoms with E-state index in [0.717, 1.165) is 26.0 Å². The molecule has 2 unspecified atom stereocenters. The highest BCUT2D eigenvalue weighted by Crippen LogP contribution is 2.43. The Kier molecular flexibility index (Phi) is 8.00. The monoisotopic (exact) mass is 416 g/mol. The summed E-state index contributed by atoms with van der Waals surface area (Å²) in [5.74, 6) is 0.570. The second-order valence-electron chi connectivity index (χ2n) is 9.68. The minimum Gasteiger partial charge on any atom is -0.395 e. The molecular formula is C24H40N4O2. The molecule has 4 heterocycles. The molecule has 5 rings (SSSR count). The maximum absolute atomic E-state index is 11.4. The van der Waals surface area contributed by atoms with Gasteiger partial charge in [-0.15, -0.1) is 0 Å². The summed E-state index contributed by atoms with van der Waals surface area (Å²) < 4.78 is 0. The van der Waals surface area contributed by atoms with E-state index < -0.39 is 0 Å². The quantitative estimate of drug-likeness (QED) is 0.723. The molecule has 4 saturated heterocycles. The summed E-state index contributed by atoms with van der Waals surface area (Å²) in [6.45, 7) is 10.9. The first-order valence-electron chi connectivity index (χ1n) is 11.5. The van der Waals surface area contributed by atoms with Gasteiger partial charge in [0.25, 0.3) is 0 Å². The molecule has 6 nitrogen and oxygen atoms in total. The Labute approximate surface area is 182 Å². The average molecular weight is 417 g/mol. The minimum atomic E-state index is 0.233. The Morgan fingerprint density at radius 3 is 2.30 bits per heavy atom. The van der Waals surface area contributed by atoms with Crippen molar-refractivity contribution >= 4 is 17.8 Å². The van der Waals surface area contributed by atoms with E-state index in [1.165, 1.54) is 50.1 Å². The van der Waals surface area contributed by atoms with Crippen LogP contribution in [-0.2, 0) is 4.79 Å². The zero-order valence-corrected chi connectivity index (χ0v) is 19.0. The lowest BCUT2D eigenvalue weighted by Crippen LogP contribution is -2.53. The number of hydrogen-bond acceptors (Lipinski definition) is 5. The number of benzene rings is 1. The third-order valence-corrected chi connectivity index (χ3v) is 6.86. The first-order valence-corrected chi connectivity index (χ1v) is 11.5. The zero-order chi connectivity index (χ0) is 21.6. The van der Waals surface area contributed by atoms with E-state index in [1.54, 1.807) is 7.05 Å². The van der Waals surface area contributed by atoms with Gasteiger partial charge in [-0.25, -0.2) is 0 Å². The van der Waals surface area contributed by atoms with Gasteiger partial charge in [0.05, 0.1) is 12.6 Å². The molecule has 0 aromatic heterocycles. The van der Waals surface area contributed by atoms with Gasteiger partial charge in [-0.05, 0) is 68.3 Å². The average Bonchev–Trinajstić information content (AvgIpc) is 3.02. The summed E-state index contributed by atoms with van der Waals surface area (Å²) in [6.07, 6.45) is 6.25. The van der Waals surface area contributed by atoms with Crippen LogP contribution >= 0.6 is 0 Å². The Morgan fingerprint density at radius 1 is 1.07 bits per heavy atom. The molecule has 1 amide bonds. The van der Waals surface area contributed by atoms with Crippen LogP contribution in [0.15, 0.2) is 24.3 Å². The van der Waals surface area contributed by atoms with Crippen molar-refractivity contribution in [2.75, 3.05) is 62.7 Å². The van der Waals surface area contributed by atoms with Gasteiger partial charge < -0.3 is 25.1 Å². The first-order chi connectivity index (χ1) is 14.5. The van der Waals surface area contributed by atoms with Crippen molar-refractivity contribution in [3.63, 3.8) is 0 Å². The summed E-state index contributed by atoms with van der Waals surface area (Å²) >= 11 is 0. The van der Waals surface area contributed by atoms with Crippen molar-refractivity contribution in [2.24, 2.45) is 11.3 Å². The van der Waals surface area contributed by atoms with E-state index in [9.17, 15) is 4.79 Å². The molecule has 0 saturated carbocycles. The number of anilines is 2. The molecule has 0 spiro atoms. The van der Waals surface area contributed by atoms with Crippen LogP contribution in [0.3, 0.4) is 0 Å². The van der Waals surface area contributed by atoms with Crippen molar-refractivity contribution in [3.05, 3.63) is 24.3 Å². The van der Waals surface area contributed by atoms with E-state index >= 15 is 0 Å². The van der Waals surface area contributed by atoms with Crippen molar-refractivity contribution in [2.45, 2.75) is 45.6 Å². The van der Waals surface area contributed by atoms with Gasteiger partial charge in [0, 0.05) is 50.6 Å². The van der Waals surface area contributed by atoms with Crippen LogP contribution in [0.25, 0.3) is 0 Å². The number of aliphatic hydroxyl groups is 1. The normalized spacial score (nSPS) is 25.4. The third kappa shape index (κ3) is 5.46. The summed E-state index contributed by atoms with van der Waals surface area (Å²) in [4.78, 5) is 18.5.